The van der Waals surface area contributed by atoms with E-state index < -0.39 is 0 Å². The van der Waals surface area contributed by atoms with Crippen LogP contribution >= 0.6 is 0 Å². The summed E-state index contributed by atoms with van der Waals surface area (Å²) in [6.45, 7) is 15.5. The molecule has 1 aliphatic carbocycles. The molecule has 1 nitrogen and oxygen atoms in total. The fourth-order valence-corrected chi connectivity index (χ4v) is 4.08. The van der Waals surface area contributed by atoms with Crippen LogP contribution in [0.3, 0.4) is 0 Å². The largest absolute Gasteiger partial charge is 4.00 e. The molecule has 0 aliphatic heterocycles. The Kier molecular flexibility index (Phi) is 20.2. The van der Waals surface area contributed by atoms with Gasteiger partial charge in [0.2, 0.25) is 0 Å². The summed E-state index contributed by atoms with van der Waals surface area (Å²) in [5, 5.41) is 4.51. The van der Waals surface area contributed by atoms with Crippen LogP contribution in [0.2, 0.25) is 19.1 Å². The Hall–Kier alpha value is -1.35. The molecule has 0 spiro atoms. The van der Waals surface area contributed by atoms with E-state index in [0.717, 1.165) is 6.42 Å². The van der Waals surface area contributed by atoms with Crippen molar-refractivity contribution in [3.05, 3.63) is 108 Å². The Morgan fingerprint density at radius 2 is 1.37 bits per heavy atom. The maximum Gasteiger partial charge on any atom is 4.00 e. The first-order valence-electron chi connectivity index (χ1n) is 10.4. The Morgan fingerprint density at radius 3 is 1.53 bits per heavy atom. The third-order valence-corrected chi connectivity index (χ3v) is 4.89. The molecule has 0 aromatic heterocycles. The van der Waals surface area contributed by atoms with Crippen LogP contribution in [0.25, 0.3) is 5.32 Å². The zero-order valence-corrected chi connectivity index (χ0v) is 22.7. The van der Waals surface area contributed by atoms with Gasteiger partial charge in [0.25, 0.3) is 0 Å². The minimum atomic E-state index is -0.265. The summed E-state index contributed by atoms with van der Waals surface area (Å²) < 4.78 is 0. The molecule has 0 radical (unpaired) electrons. The van der Waals surface area contributed by atoms with Gasteiger partial charge < -0.3 is 11.2 Å². The Bertz CT molecular complexity index is 553. The standard InChI is InChI=1S/C9H14N.C6H15Si.2C6H5.Ti/c1-9(2,3)10-8-6-4-5-7-8;1-6(2)5-7(3)4;2*1-2-4-6-5-3-1;/h4-6H,7H2,1-3H3;7H,5H2,1-4H3;2*1-5H;/q4*-1;+4. The zero-order valence-electron chi connectivity index (χ0n) is 19.9. The van der Waals surface area contributed by atoms with Gasteiger partial charge in [-0.3, -0.25) is 0 Å². The summed E-state index contributed by atoms with van der Waals surface area (Å²) in [5.74, 6) is 1.60. The molecule has 0 atom stereocenters. The Labute approximate surface area is 203 Å². The number of allylic oxidation sites excluding steroid dienone is 3. The number of benzene rings is 2. The second-order valence-electron chi connectivity index (χ2n) is 8.53. The van der Waals surface area contributed by atoms with E-state index in [9.17, 15) is 0 Å². The van der Waals surface area contributed by atoms with Gasteiger partial charge in [-0.05, 0) is 6.42 Å². The Balaban J connectivity index is 0. The van der Waals surface area contributed by atoms with E-state index >= 15 is 0 Å². The molecular weight excluding hydrogens is 414 g/mol. The molecule has 0 bridgehead atoms. The van der Waals surface area contributed by atoms with Crippen LogP contribution in [-0.2, 0) is 21.7 Å². The molecule has 0 N–H and O–H groups in total. The molecule has 1 aliphatic rings. The molecule has 3 rings (SSSR count). The van der Waals surface area contributed by atoms with Crippen molar-refractivity contribution in [2.24, 2.45) is 0 Å². The summed E-state index contributed by atoms with van der Waals surface area (Å²) in [5.41, 5.74) is 1.28. The molecule has 3 heteroatoms. The van der Waals surface area contributed by atoms with Crippen molar-refractivity contribution in [2.45, 2.75) is 65.7 Å². The molecule has 0 fully saturated rings. The molecule has 2 aromatic rings. The second-order valence-corrected chi connectivity index (χ2v) is 11.7. The first-order chi connectivity index (χ1) is 13.7. The molecule has 0 amide bonds. The van der Waals surface area contributed by atoms with Gasteiger partial charge >= 0.3 is 21.7 Å². The van der Waals surface area contributed by atoms with Crippen LogP contribution in [0, 0.1) is 18.1 Å². The van der Waals surface area contributed by atoms with Crippen LogP contribution in [0.4, 0.5) is 0 Å². The third-order valence-electron chi connectivity index (χ3n) is 3.26. The maximum atomic E-state index is 4.51. The van der Waals surface area contributed by atoms with Gasteiger partial charge in [-0.15, -0.1) is 5.54 Å². The van der Waals surface area contributed by atoms with Gasteiger partial charge in [0, 0.05) is 8.80 Å². The van der Waals surface area contributed by atoms with Gasteiger partial charge in [-0.1, -0.05) is 52.1 Å². The third kappa shape index (κ3) is 24.7. The summed E-state index contributed by atoms with van der Waals surface area (Å²) in [7, 11) is -0.265. The predicted molar refractivity (Wildman–Crippen MR) is 134 cm³/mol. The SMILES string of the molecule is CC(C)(C)[N-]C1=CC=CC1.C[C-](C)C[SiH](C)C.[Ti+4].[c-]1ccccc1.[c-]1ccccc1. The normalized spacial score (nSPS) is 11.6. The van der Waals surface area contributed by atoms with Crippen molar-refractivity contribution in [2.75, 3.05) is 0 Å². The first kappa shape index (κ1) is 30.8. The van der Waals surface area contributed by atoms with Crippen molar-refractivity contribution in [3.63, 3.8) is 0 Å². The quantitative estimate of drug-likeness (QED) is 0.330. The smallest absolute Gasteiger partial charge is 0.683 e. The van der Waals surface area contributed by atoms with Gasteiger partial charge in [0.15, 0.2) is 0 Å². The number of rotatable bonds is 3. The minimum Gasteiger partial charge on any atom is -0.683 e. The summed E-state index contributed by atoms with van der Waals surface area (Å²) in [4.78, 5) is 0. The van der Waals surface area contributed by atoms with Crippen molar-refractivity contribution in [1.82, 2.24) is 0 Å². The fraction of sp³-hybridized carbons (Fsp3) is 0.370. The molecule has 2 aromatic carbocycles. The van der Waals surface area contributed by atoms with Crippen LogP contribution in [0.15, 0.2) is 84.6 Å². The van der Waals surface area contributed by atoms with Gasteiger partial charge in [-0.2, -0.15) is 98.4 Å². The van der Waals surface area contributed by atoms with E-state index in [1.165, 1.54) is 11.7 Å². The molecule has 0 unspecified atom stereocenters. The van der Waals surface area contributed by atoms with Crippen LogP contribution in [-0.4, -0.2) is 14.3 Å². The van der Waals surface area contributed by atoms with Crippen molar-refractivity contribution in [3.8, 4) is 0 Å². The van der Waals surface area contributed by atoms with E-state index in [0.29, 0.717) is 0 Å². The molecule has 30 heavy (non-hydrogen) atoms. The molecule has 0 saturated carbocycles. The van der Waals surface area contributed by atoms with E-state index in [1.807, 2.05) is 60.7 Å². The molecule has 0 heterocycles. The maximum absolute atomic E-state index is 4.51. The summed E-state index contributed by atoms with van der Waals surface area (Å²) in [6, 6.07) is 26.4. The second kappa shape index (κ2) is 19.6. The van der Waals surface area contributed by atoms with Gasteiger partial charge in [0.1, 0.15) is 0 Å². The van der Waals surface area contributed by atoms with Crippen LogP contribution in [0.1, 0.15) is 41.0 Å². The summed E-state index contributed by atoms with van der Waals surface area (Å²) in [6.07, 6.45) is 7.28. The monoisotopic (exact) mass is 453 g/mol. The van der Waals surface area contributed by atoms with Crippen molar-refractivity contribution >= 4 is 8.80 Å². The zero-order chi connectivity index (χ0) is 22.0. The van der Waals surface area contributed by atoms with Gasteiger partial charge in [0.05, 0.1) is 0 Å². The molecule has 0 saturated heterocycles. The van der Waals surface area contributed by atoms with E-state index in [1.54, 1.807) is 5.92 Å². The molecule has 160 valence electrons. The fourth-order valence-electron chi connectivity index (χ4n) is 2.45. The van der Waals surface area contributed by atoms with Crippen LogP contribution < -0.4 is 0 Å². The average Bonchev–Trinajstić information content (AvgIpc) is 3.16. The van der Waals surface area contributed by atoms with E-state index in [2.05, 4.69) is 83.4 Å². The topological polar surface area (TPSA) is 14.1 Å². The van der Waals surface area contributed by atoms with E-state index in [4.69, 9.17) is 0 Å². The molecular formula is C27H39NSiTi. The number of nitrogens with zero attached hydrogens (tertiary/aromatic N) is 1. The van der Waals surface area contributed by atoms with E-state index in [-0.39, 0.29) is 36.1 Å². The average molecular weight is 454 g/mol. The van der Waals surface area contributed by atoms with Gasteiger partial charge in [-0.25, -0.2) is 0 Å². The Morgan fingerprint density at radius 1 is 0.900 bits per heavy atom. The first-order valence-corrected chi connectivity index (χ1v) is 13.5. The van der Waals surface area contributed by atoms with Crippen LogP contribution in [0.5, 0.6) is 0 Å². The predicted octanol–water partition coefficient (Wildman–Crippen LogP) is 8.06. The minimum absolute atomic E-state index is 0. The number of hydrogen-bond donors (Lipinski definition) is 0. The summed E-state index contributed by atoms with van der Waals surface area (Å²) >= 11 is 0. The van der Waals surface area contributed by atoms with Crippen molar-refractivity contribution in [1.29, 1.82) is 0 Å². The number of hydrogen-bond acceptors (Lipinski definition) is 0. The van der Waals surface area contributed by atoms with Crippen molar-refractivity contribution < 1.29 is 21.7 Å².